The zero-order chi connectivity index (χ0) is 14.2. The minimum absolute atomic E-state index is 0. The van der Waals surface area contributed by atoms with Gasteiger partial charge in [-0.3, -0.25) is 4.79 Å². The van der Waals surface area contributed by atoms with Crippen molar-refractivity contribution in [1.82, 2.24) is 4.90 Å². The number of hydrogen-bond acceptors (Lipinski definition) is 2. The highest BCUT2D eigenvalue weighted by Crippen LogP contribution is 2.34. The van der Waals surface area contributed by atoms with Gasteiger partial charge >= 0.3 is 6.18 Å². The first-order chi connectivity index (χ1) is 8.79. The lowest BCUT2D eigenvalue weighted by Crippen LogP contribution is -2.33. The quantitative estimate of drug-likeness (QED) is 0.822. The molecule has 1 saturated heterocycles. The number of amides is 1. The van der Waals surface area contributed by atoms with Crippen molar-refractivity contribution in [3.8, 4) is 0 Å². The molecular formula is C12H13BrClF3N2O. The summed E-state index contributed by atoms with van der Waals surface area (Å²) in [6.45, 7) is 0.694. The van der Waals surface area contributed by atoms with Gasteiger partial charge in [-0.1, -0.05) is 15.9 Å². The van der Waals surface area contributed by atoms with E-state index in [0.717, 1.165) is 6.07 Å². The predicted octanol–water partition coefficient (Wildman–Crippen LogP) is 3.06. The summed E-state index contributed by atoms with van der Waals surface area (Å²) in [5.74, 6) is -0.618. The Morgan fingerprint density at radius 2 is 2.05 bits per heavy atom. The van der Waals surface area contributed by atoms with Crippen molar-refractivity contribution in [1.29, 1.82) is 0 Å². The molecule has 1 aliphatic heterocycles. The molecule has 2 rings (SSSR count). The Labute approximate surface area is 128 Å². The highest BCUT2D eigenvalue weighted by molar-refractivity contribution is 9.10. The van der Waals surface area contributed by atoms with Crippen molar-refractivity contribution in [2.45, 2.75) is 18.6 Å². The van der Waals surface area contributed by atoms with E-state index in [2.05, 4.69) is 15.9 Å². The summed E-state index contributed by atoms with van der Waals surface area (Å²) in [6, 6.07) is 3.38. The Morgan fingerprint density at radius 1 is 1.40 bits per heavy atom. The maximum Gasteiger partial charge on any atom is 0.417 e. The Bertz CT molecular complexity index is 510. The van der Waals surface area contributed by atoms with Gasteiger partial charge in [-0.25, -0.2) is 0 Å². The topological polar surface area (TPSA) is 46.3 Å². The molecule has 2 N–H and O–H groups in total. The maximum absolute atomic E-state index is 12.9. The fourth-order valence-corrected chi connectivity index (χ4v) is 2.44. The third-order valence-corrected chi connectivity index (χ3v) is 3.52. The number of alkyl halides is 3. The van der Waals surface area contributed by atoms with Crippen LogP contribution < -0.4 is 5.73 Å². The first-order valence-electron chi connectivity index (χ1n) is 5.70. The molecule has 20 heavy (non-hydrogen) atoms. The van der Waals surface area contributed by atoms with E-state index in [-0.39, 0.29) is 28.5 Å². The van der Waals surface area contributed by atoms with Crippen molar-refractivity contribution < 1.29 is 18.0 Å². The van der Waals surface area contributed by atoms with Crippen LogP contribution in [-0.4, -0.2) is 29.9 Å². The zero-order valence-corrected chi connectivity index (χ0v) is 12.7. The van der Waals surface area contributed by atoms with Gasteiger partial charge < -0.3 is 10.6 Å². The average molecular weight is 374 g/mol. The lowest BCUT2D eigenvalue weighted by atomic mass is 10.1. The van der Waals surface area contributed by atoms with Gasteiger partial charge in [0.15, 0.2) is 0 Å². The van der Waals surface area contributed by atoms with Crippen LogP contribution in [0.3, 0.4) is 0 Å². The van der Waals surface area contributed by atoms with Crippen LogP contribution in [-0.2, 0) is 6.18 Å². The number of carbonyl (C=O) groups is 1. The second kappa shape index (κ2) is 6.32. The van der Waals surface area contributed by atoms with Crippen LogP contribution in [0.5, 0.6) is 0 Å². The van der Waals surface area contributed by atoms with Crippen LogP contribution >= 0.6 is 28.3 Å². The number of rotatable bonds is 1. The molecule has 8 heteroatoms. The largest absolute Gasteiger partial charge is 0.417 e. The minimum Gasteiger partial charge on any atom is -0.337 e. The van der Waals surface area contributed by atoms with Gasteiger partial charge in [-0.2, -0.15) is 13.2 Å². The molecule has 1 amide bonds. The van der Waals surface area contributed by atoms with Gasteiger partial charge in [0.25, 0.3) is 5.91 Å². The van der Waals surface area contributed by atoms with E-state index in [1.54, 1.807) is 0 Å². The fraction of sp³-hybridized carbons (Fsp3) is 0.417. The summed E-state index contributed by atoms with van der Waals surface area (Å²) in [6.07, 6.45) is -3.94. The fourth-order valence-electron chi connectivity index (χ4n) is 2.08. The Hall–Kier alpha value is -0.790. The predicted molar refractivity (Wildman–Crippen MR) is 74.9 cm³/mol. The van der Waals surface area contributed by atoms with E-state index in [1.165, 1.54) is 17.0 Å². The second-order valence-electron chi connectivity index (χ2n) is 4.49. The molecule has 1 heterocycles. The summed E-state index contributed by atoms with van der Waals surface area (Å²) in [5.41, 5.74) is 4.41. The first kappa shape index (κ1) is 17.3. The van der Waals surface area contributed by atoms with E-state index in [0.29, 0.717) is 19.5 Å². The van der Waals surface area contributed by atoms with E-state index >= 15 is 0 Å². The van der Waals surface area contributed by atoms with E-state index < -0.39 is 17.6 Å². The number of halogens is 5. The summed E-state index contributed by atoms with van der Waals surface area (Å²) in [7, 11) is 0. The molecule has 1 fully saturated rings. The Balaban J connectivity index is 0.00000200. The molecule has 0 saturated carbocycles. The van der Waals surface area contributed by atoms with Crippen molar-refractivity contribution in [3.05, 3.63) is 33.8 Å². The van der Waals surface area contributed by atoms with E-state index in [1.807, 2.05) is 0 Å². The summed E-state index contributed by atoms with van der Waals surface area (Å²) in [4.78, 5) is 13.5. The van der Waals surface area contributed by atoms with Crippen molar-refractivity contribution in [2.75, 3.05) is 13.1 Å². The molecule has 3 nitrogen and oxygen atoms in total. The van der Waals surface area contributed by atoms with Crippen LogP contribution in [0, 0.1) is 0 Å². The molecule has 0 aliphatic carbocycles. The third-order valence-electron chi connectivity index (χ3n) is 3.03. The van der Waals surface area contributed by atoms with Gasteiger partial charge in [-0.05, 0) is 24.6 Å². The third kappa shape index (κ3) is 3.65. The van der Waals surface area contributed by atoms with Crippen LogP contribution in [0.1, 0.15) is 22.3 Å². The first-order valence-corrected chi connectivity index (χ1v) is 6.50. The highest BCUT2D eigenvalue weighted by Gasteiger charge is 2.37. The number of benzene rings is 1. The SMILES string of the molecule is Cl.NC1CCN(C(=O)c2ccc(Br)cc2C(F)(F)F)C1. The van der Waals surface area contributed by atoms with Gasteiger partial charge in [0.05, 0.1) is 11.1 Å². The number of nitrogens with zero attached hydrogens (tertiary/aromatic N) is 1. The molecule has 112 valence electrons. The van der Waals surface area contributed by atoms with Crippen molar-refractivity contribution in [3.63, 3.8) is 0 Å². The van der Waals surface area contributed by atoms with Crippen LogP contribution in [0.15, 0.2) is 22.7 Å². The minimum atomic E-state index is -4.56. The number of nitrogens with two attached hydrogens (primary N) is 1. The van der Waals surface area contributed by atoms with Gasteiger partial charge in [0, 0.05) is 23.6 Å². The maximum atomic E-state index is 12.9. The monoisotopic (exact) mass is 372 g/mol. The summed E-state index contributed by atoms with van der Waals surface area (Å²) in [5, 5.41) is 0. The smallest absolute Gasteiger partial charge is 0.337 e. The van der Waals surface area contributed by atoms with Gasteiger partial charge in [0.2, 0.25) is 0 Å². The number of hydrogen-bond donors (Lipinski definition) is 1. The lowest BCUT2D eigenvalue weighted by molar-refractivity contribution is -0.138. The summed E-state index contributed by atoms with van der Waals surface area (Å²) >= 11 is 2.99. The van der Waals surface area contributed by atoms with E-state index in [9.17, 15) is 18.0 Å². The normalized spacial score (nSPS) is 18.9. The molecule has 1 aromatic rings. The standard InChI is InChI=1S/C12H12BrF3N2O.ClH/c13-7-1-2-9(10(5-7)12(14,15)16)11(19)18-4-3-8(17)6-18;/h1-2,5,8H,3-4,6,17H2;1H. The highest BCUT2D eigenvalue weighted by atomic mass is 79.9. The molecule has 0 radical (unpaired) electrons. The van der Waals surface area contributed by atoms with E-state index in [4.69, 9.17) is 5.73 Å². The Kier molecular flexibility index (Phi) is 5.46. The molecule has 1 aromatic carbocycles. The molecule has 1 unspecified atom stereocenters. The van der Waals surface area contributed by atoms with Crippen molar-refractivity contribution >= 4 is 34.2 Å². The summed E-state index contributed by atoms with van der Waals surface area (Å²) < 4.78 is 39.1. The lowest BCUT2D eigenvalue weighted by Gasteiger charge is -2.19. The van der Waals surface area contributed by atoms with Gasteiger partial charge in [-0.15, -0.1) is 12.4 Å². The molecular weight excluding hydrogens is 360 g/mol. The second-order valence-corrected chi connectivity index (χ2v) is 5.40. The average Bonchev–Trinajstić information content (AvgIpc) is 2.74. The van der Waals surface area contributed by atoms with Crippen LogP contribution in [0.2, 0.25) is 0 Å². The van der Waals surface area contributed by atoms with Crippen LogP contribution in [0.25, 0.3) is 0 Å². The molecule has 1 aliphatic rings. The van der Waals surface area contributed by atoms with Crippen molar-refractivity contribution in [2.24, 2.45) is 5.73 Å². The molecule has 0 aromatic heterocycles. The molecule has 0 bridgehead atoms. The molecule has 0 spiro atoms. The molecule has 1 atom stereocenters. The van der Waals surface area contributed by atoms with Gasteiger partial charge in [0.1, 0.15) is 0 Å². The zero-order valence-electron chi connectivity index (χ0n) is 10.3. The van der Waals surface area contributed by atoms with Crippen LogP contribution in [0.4, 0.5) is 13.2 Å². The number of carbonyl (C=O) groups excluding carboxylic acids is 1. The number of likely N-dealkylation sites (tertiary alicyclic amines) is 1. The Morgan fingerprint density at radius 3 is 2.55 bits per heavy atom.